The number of rotatable bonds is 3. The van der Waals surface area contributed by atoms with Crippen LogP contribution in [0.25, 0.3) is 0 Å². The first-order valence-electron chi connectivity index (χ1n) is 5.02. The van der Waals surface area contributed by atoms with Crippen LogP contribution < -0.4 is 5.56 Å². The summed E-state index contributed by atoms with van der Waals surface area (Å²) >= 11 is 3.09. The van der Waals surface area contributed by atoms with Crippen molar-refractivity contribution < 1.29 is 14.3 Å². The highest BCUT2D eigenvalue weighted by Crippen LogP contribution is 2.12. The van der Waals surface area contributed by atoms with E-state index in [0.29, 0.717) is 10.3 Å². The molecule has 2 aromatic rings. The fourth-order valence-corrected chi connectivity index (χ4v) is 1.85. The molecule has 18 heavy (non-hydrogen) atoms. The van der Waals surface area contributed by atoms with Crippen LogP contribution in [0.5, 0.6) is 0 Å². The monoisotopic (exact) mass is 312 g/mol. The van der Waals surface area contributed by atoms with Crippen LogP contribution in [-0.2, 0) is 6.54 Å². The third-order valence-corrected chi connectivity index (χ3v) is 3.03. The molecule has 0 aliphatic heterocycles. The van der Waals surface area contributed by atoms with Gasteiger partial charge >= 0.3 is 5.97 Å². The predicted octanol–water partition coefficient (Wildman–Crippen LogP) is 1.65. The lowest BCUT2D eigenvalue weighted by Crippen LogP contribution is -2.25. The summed E-state index contributed by atoms with van der Waals surface area (Å²) in [6, 6.07) is 1.35. The third kappa shape index (κ3) is 2.21. The molecule has 2 heterocycles. The first-order valence-corrected chi connectivity index (χ1v) is 5.81. The highest BCUT2D eigenvalue weighted by atomic mass is 79.9. The molecule has 2 rings (SSSR count). The minimum Gasteiger partial charge on any atom is -0.478 e. The average molecular weight is 313 g/mol. The number of carboxylic acids is 1. The van der Waals surface area contributed by atoms with E-state index in [9.17, 15) is 9.59 Å². The zero-order chi connectivity index (χ0) is 13.3. The Bertz CT molecular complexity index is 659. The SMILES string of the molecule is Cc1ncc(Br)c(=O)n1Cc1occc1C(=O)O. The Labute approximate surface area is 110 Å². The van der Waals surface area contributed by atoms with Crippen molar-refractivity contribution in [1.82, 2.24) is 9.55 Å². The van der Waals surface area contributed by atoms with Crippen LogP contribution >= 0.6 is 15.9 Å². The minimum absolute atomic E-state index is 0.0335. The Morgan fingerprint density at radius 2 is 2.33 bits per heavy atom. The van der Waals surface area contributed by atoms with E-state index in [1.807, 2.05) is 0 Å². The molecule has 0 unspecified atom stereocenters. The summed E-state index contributed by atoms with van der Waals surface area (Å²) in [6.07, 6.45) is 2.69. The van der Waals surface area contributed by atoms with Gasteiger partial charge in [0.25, 0.3) is 5.56 Å². The fourth-order valence-electron chi connectivity index (χ4n) is 1.53. The van der Waals surface area contributed by atoms with E-state index in [2.05, 4.69) is 20.9 Å². The lowest BCUT2D eigenvalue weighted by atomic mass is 10.2. The Morgan fingerprint density at radius 1 is 1.61 bits per heavy atom. The van der Waals surface area contributed by atoms with E-state index in [1.54, 1.807) is 6.92 Å². The number of hydrogen-bond donors (Lipinski definition) is 1. The number of furan rings is 1. The van der Waals surface area contributed by atoms with Crippen molar-refractivity contribution in [3.05, 3.63) is 50.5 Å². The van der Waals surface area contributed by atoms with Gasteiger partial charge in [0, 0.05) is 6.20 Å². The Kier molecular flexibility index (Phi) is 3.33. The summed E-state index contributed by atoms with van der Waals surface area (Å²) in [7, 11) is 0. The molecule has 6 nitrogen and oxygen atoms in total. The van der Waals surface area contributed by atoms with Crippen LogP contribution in [0.1, 0.15) is 21.9 Å². The maximum atomic E-state index is 11.9. The zero-order valence-corrected chi connectivity index (χ0v) is 11.0. The molecule has 94 valence electrons. The van der Waals surface area contributed by atoms with Crippen LogP contribution in [0.4, 0.5) is 0 Å². The molecule has 2 aromatic heterocycles. The summed E-state index contributed by atoms with van der Waals surface area (Å²) < 4.78 is 6.75. The standard InChI is InChI=1S/C11H9BrN2O4/c1-6-13-4-8(12)10(15)14(6)5-9-7(11(16)17)2-3-18-9/h2-4H,5H2,1H3,(H,16,17). The second-order valence-electron chi connectivity index (χ2n) is 3.61. The van der Waals surface area contributed by atoms with Gasteiger partial charge in [-0.3, -0.25) is 9.36 Å². The van der Waals surface area contributed by atoms with Crippen molar-refractivity contribution in [3.8, 4) is 0 Å². The lowest BCUT2D eigenvalue weighted by molar-refractivity contribution is 0.0694. The number of aromatic carboxylic acids is 1. The smallest absolute Gasteiger partial charge is 0.339 e. The fraction of sp³-hybridized carbons (Fsp3) is 0.182. The van der Waals surface area contributed by atoms with Crippen molar-refractivity contribution in [2.24, 2.45) is 0 Å². The van der Waals surface area contributed by atoms with Gasteiger partial charge in [-0.05, 0) is 28.9 Å². The van der Waals surface area contributed by atoms with Crippen molar-refractivity contribution in [1.29, 1.82) is 0 Å². The molecule has 0 fully saturated rings. The average Bonchev–Trinajstić information content (AvgIpc) is 2.78. The summed E-state index contributed by atoms with van der Waals surface area (Å²) in [5.74, 6) is -0.393. The van der Waals surface area contributed by atoms with Crippen LogP contribution in [0.2, 0.25) is 0 Å². The lowest BCUT2D eigenvalue weighted by Gasteiger charge is -2.08. The van der Waals surface area contributed by atoms with Gasteiger partial charge in [-0.2, -0.15) is 0 Å². The minimum atomic E-state index is -1.09. The summed E-state index contributed by atoms with van der Waals surface area (Å²) in [4.78, 5) is 26.8. The van der Waals surface area contributed by atoms with Gasteiger partial charge < -0.3 is 9.52 Å². The Balaban J connectivity index is 2.47. The predicted molar refractivity (Wildman–Crippen MR) is 65.7 cm³/mol. The summed E-state index contributed by atoms with van der Waals surface area (Å²) in [6.45, 7) is 1.70. The van der Waals surface area contributed by atoms with Crippen molar-refractivity contribution >= 4 is 21.9 Å². The van der Waals surface area contributed by atoms with Gasteiger partial charge in [-0.25, -0.2) is 9.78 Å². The normalized spacial score (nSPS) is 10.6. The number of aryl methyl sites for hydroxylation is 1. The molecule has 0 aliphatic rings. The second kappa shape index (κ2) is 4.77. The number of nitrogens with zero attached hydrogens (tertiary/aromatic N) is 2. The first kappa shape index (κ1) is 12.6. The Morgan fingerprint density at radius 3 is 3.00 bits per heavy atom. The van der Waals surface area contributed by atoms with Crippen LogP contribution in [-0.4, -0.2) is 20.6 Å². The molecular weight excluding hydrogens is 304 g/mol. The molecule has 1 N–H and O–H groups in total. The summed E-state index contributed by atoms with van der Waals surface area (Å²) in [5.41, 5.74) is -0.239. The van der Waals surface area contributed by atoms with Crippen molar-refractivity contribution in [2.45, 2.75) is 13.5 Å². The number of hydrogen-bond acceptors (Lipinski definition) is 4. The van der Waals surface area contributed by atoms with E-state index in [1.165, 1.54) is 23.1 Å². The molecular formula is C11H9BrN2O4. The highest BCUT2D eigenvalue weighted by molar-refractivity contribution is 9.10. The molecule has 0 saturated heterocycles. The molecule has 0 aromatic carbocycles. The molecule has 0 bridgehead atoms. The number of aromatic nitrogens is 2. The van der Waals surface area contributed by atoms with E-state index in [-0.39, 0.29) is 23.4 Å². The molecule has 0 spiro atoms. The van der Waals surface area contributed by atoms with Gasteiger partial charge in [-0.15, -0.1) is 0 Å². The maximum absolute atomic E-state index is 11.9. The molecule has 0 radical (unpaired) electrons. The van der Waals surface area contributed by atoms with Gasteiger partial charge in [0.15, 0.2) is 0 Å². The van der Waals surface area contributed by atoms with Crippen LogP contribution in [0.15, 0.2) is 32.2 Å². The number of carboxylic acid groups (broad SMARTS) is 1. The van der Waals surface area contributed by atoms with Gasteiger partial charge in [-0.1, -0.05) is 0 Å². The Hall–Kier alpha value is -1.89. The van der Waals surface area contributed by atoms with E-state index < -0.39 is 5.97 Å². The van der Waals surface area contributed by atoms with Gasteiger partial charge in [0.2, 0.25) is 0 Å². The second-order valence-corrected chi connectivity index (χ2v) is 4.46. The summed E-state index contributed by atoms with van der Waals surface area (Å²) in [5, 5.41) is 8.95. The topological polar surface area (TPSA) is 85.3 Å². The molecule has 0 saturated carbocycles. The van der Waals surface area contributed by atoms with Crippen LogP contribution in [0, 0.1) is 6.92 Å². The van der Waals surface area contributed by atoms with E-state index >= 15 is 0 Å². The molecule has 7 heteroatoms. The van der Waals surface area contributed by atoms with Crippen LogP contribution in [0.3, 0.4) is 0 Å². The zero-order valence-electron chi connectivity index (χ0n) is 9.38. The number of halogens is 1. The van der Waals surface area contributed by atoms with Gasteiger partial charge in [0.05, 0.1) is 12.8 Å². The third-order valence-electron chi connectivity index (χ3n) is 2.48. The first-order chi connectivity index (χ1) is 8.50. The van der Waals surface area contributed by atoms with Gasteiger partial charge in [0.1, 0.15) is 21.6 Å². The van der Waals surface area contributed by atoms with E-state index in [4.69, 9.17) is 9.52 Å². The highest BCUT2D eigenvalue weighted by Gasteiger charge is 2.15. The number of carbonyl (C=O) groups is 1. The molecule has 0 amide bonds. The van der Waals surface area contributed by atoms with Crippen molar-refractivity contribution in [2.75, 3.05) is 0 Å². The quantitative estimate of drug-likeness (QED) is 0.931. The molecule has 0 aliphatic carbocycles. The molecule has 0 atom stereocenters. The largest absolute Gasteiger partial charge is 0.478 e. The maximum Gasteiger partial charge on any atom is 0.339 e. The van der Waals surface area contributed by atoms with Crippen molar-refractivity contribution in [3.63, 3.8) is 0 Å². The van der Waals surface area contributed by atoms with E-state index in [0.717, 1.165) is 0 Å².